The van der Waals surface area contributed by atoms with E-state index in [1.165, 1.54) is 5.56 Å². The average Bonchev–Trinajstić information content (AvgIpc) is 3.18. The number of nitrogens with zero attached hydrogens (tertiary/aromatic N) is 3. The molecule has 4 rings (SSSR count). The summed E-state index contributed by atoms with van der Waals surface area (Å²) in [5, 5.41) is 7.07. The summed E-state index contributed by atoms with van der Waals surface area (Å²) < 4.78 is 5.31. The lowest BCUT2D eigenvalue weighted by atomic mass is 10.1. The van der Waals surface area contributed by atoms with Crippen LogP contribution in [-0.2, 0) is 6.54 Å². The van der Waals surface area contributed by atoms with E-state index in [0.717, 1.165) is 50.5 Å². The number of rotatable bonds is 6. The summed E-state index contributed by atoms with van der Waals surface area (Å²) in [6.07, 6.45) is 0. The molecular formula is C24H28N4O2. The molecule has 1 N–H and O–H groups in total. The normalized spacial score (nSPS) is 15.3. The van der Waals surface area contributed by atoms with Gasteiger partial charge in [0.15, 0.2) is 0 Å². The van der Waals surface area contributed by atoms with Crippen molar-refractivity contribution in [3.8, 4) is 11.3 Å². The van der Waals surface area contributed by atoms with Crippen molar-refractivity contribution in [1.29, 1.82) is 0 Å². The Morgan fingerprint density at radius 1 is 1.00 bits per heavy atom. The van der Waals surface area contributed by atoms with Gasteiger partial charge in [-0.15, -0.1) is 0 Å². The minimum absolute atomic E-state index is 0.212. The predicted molar refractivity (Wildman–Crippen MR) is 118 cm³/mol. The molecular weight excluding hydrogens is 376 g/mol. The van der Waals surface area contributed by atoms with Crippen molar-refractivity contribution < 1.29 is 9.32 Å². The van der Waals surface area contributed by atoms with Crippen LogP contribution in [0.1, 0.15) is 28.6 Å². The molecule has 1 fully saturated rings. The standard InChI is InChI=1S/C24H28N4O2/c1-3-27-13-15-28(16-14-27)17-19-9-11-21(12-10-19)25-24(29)22-18(2)30-26-23(22)20-7-5-4-6-8-20/h4-12H,3,13-17H2,1-2H3,(H,25,29). The molecule has 1 saturated heterocycles. The van der Waals surface area contributed by atoms with E-state index in [1.807, 2.05) is 42.5 Å². The fourth-order valence-electron chi connectivity index (χ4n) is 3.84. The number of nitrogens with one attached hydrogen (secondary N) is 1. The Morgan fingerprint density at radius 3 is 2.33 bits per heavy atom. The lowest BCUT2D eigenvalue weighted by molar-refractivity contribution is 0.102. The summed E-state index contributed by atoms with van der Waals surface area (Å²) in [6.45, 7) is 10.5. The van der Waals surface area contributed by atoms with Gasteiger partial charge in [-0.3, -0.25) is 9.69 Å². The number of likely N-dealkylation sites (N-methyl/N-ethyl adjacent to an activating group) is 1. The van der Waals surface area contributed by atoms with Crippen LogP contribution in [0.15, 0.2) is 59.1 Å². The molecule has 0 bridgehead atoms. The SMILES string of the molecule is CCN1CCN(Cc2ccc(NC(=O)c3c(-c4ccccc4)noc3C)cc2)CC1. The van der Waals surface area contributed by atoms with Gasteiger partial charge in [-0.25, -0.2) is 0 Å². The van der Waals surface area contributed by atoms with E-state index >= 15 is 0 Å². The summed E-state index contributed by atoms with van der Waals surface area (Å²) >= 11 is 0. The molecule has 6 heteroatoms. The van der Waals surface area contributed by atoms with Crippen LogP contribution in [0.25, 0.3) is 11.3 Å². The topological polar surface area (TPSA) is 61.6 Å². The number of hydrogen-bond acceptors (Lipinski definition) is 5. The van der Waals surface area contributed by atoms with Crippen molar-refractivity contribution in [3.63, 3.8) is 0 Å². The molecule has 2 heterocycles. The summed E-state index contributed by atoms with van der Waals surface area (Å²) in [7, 11) is 0. The molecule has 30 heavy (non-hydrogen) atoms. The molecule has 1 amide bonds. The third-order valence-corrected chi connectivity index (χ3v) is 5.67. The second-order valence-electron chi connectivity index (χ2n) is 7.69. The predicted octanol–water partition coefficient (Wildman–Crippen LogP) is 4.04. The molecule has 1 aromatic heterocycles. The first-order valence-electron chi connectivity index (χ1n) is 10.5. The highest BCUT2D eigenvalue weighted by Crippen LogP contribution is 2.26. The van der Waals surface area contributed by atoms with E-state index in [2.05, 4.69) is 39.3 Å². The minimum Gasteiger partial charge on any atom is -0.360 e. The second kappa shape index (κ2) is 9.24. The third kappa shape index (κ3) is 4.61. The molecule has 0 aliphatic carbocycles. The Hall–Kier alpha value is -2.96. The molecule has 0 saturated carbocycles. The van der Waals surface area contributed by atoms with Gasteiger partial charge in [-0.1, -0.05) is 54.5 Å². The number of anilines is 1. The highest BCUT2D eigenvalue weighted by Gasteiger charge is 2.21. The summed E-state index contributed by atoms with van der Waals surface area (Å²) in [6, 6.07) is 17.7. The van der Waals surface area contributed by atoms with Crippen LogP contribution < -0.4 is 5.32 Å². The first kappa shape index (κ1) is 20.3. The fraction of sp³-hybridized carbons (Fsp3) is 0.333. The molecule has 156 valence electrons. The molecule has 2 aromatic carbocycles. The van der Waals surface area contributed by atoms with Crippen molar-refractivity contribution in [2.24, 2.45) is 0 Å². The van der Waals surface area contributed by atoms with E-state index in [4.69, 9.17) is 4.52 Å². The molecule has 0 spiro atoms. The number of benzene rings is 2. The maximum atomic E-state index is 12.9. The average molecular weight is 405 g/mol. The van der Waals surface area contributed by atoms with Gasteiger partial charge in [0.25, 0.3) is 5.91 Å². The Balaban J connectivity index is 1.41. The van der Waals surface area contributed by atoms with E-state index in [-0.39, 0.29) is 5.91 Å². The highest BCUT2D eigenvalue weighted by molar-refractivity contribution is 6.08. The maximum absolute atomic E-state index is 12.9. The first-order chi connectivity index (χ1) is 14.6. The number of carbonyl (C=O) groups is 1. The zero-order valence-electron chi connectivity index (χ0n) is 17.6. The third-order valence-electron chi connectivity index (χ3n) is 5.67. The van der Waals surface area contributed by atoms with Gasteiger partial charge >= 0.3 is 0 Å². The lowest BCUT2D eigenvalue weighted by Crippen LogP contribution is -2.45. The van der Waals surface area contributed by atoms with Crippen molar-refractivity contribution in [1.82, 2.24) is 15.0 Å². The van der Waals surface area contributed by atoms with Crippen LogP contribution in [0, 0.1) is 6.92 Å². The van der Waals surface area contributed by atoms with Crippen LogP contribution in [0.3, 0.4) is 0 Å². The van der Waals surface area contributed by atoms with E-state index in [9.17, 15) is 4.79 Å². The zero-order chi connectivity index (χ0) is 20.9. The number of amides is 1. The van der Waals surface area contributed by atoms with Crippen LogP contribution in [0.4, 0.5) is 5.69 Å². The summed E-state index contributed by atoms with van der Waals surface area (Å²) in [5.74, 6) is 0.297. The van der Waals surface area contributed by atoms with Crippen LogP contribution in [0.2, 0.25) is 0 Å². The van der Waals surface area contributed by atoms with E-state index in [0.29, 0.717) is 17.0 Å². The monoisotopic (exact) mass is 404 g/mol. The van der Waals surface area contributed by atoms with Crippen LogP contribution >= 0.6 is 0 Å². The van der Waals surface area contributed by atoms with E-state index < -0.39 is 0 Å². The lowest BCUT2D eigenvalue weighted by Gasteiger charge is -2.34. The molecule has 1 aliphatic heterocycles. The van der Waals surface area contributed by atoms with Crippen molar-refractivity contribution in [3.05, 3.63) is 71.5 Å². The van der Waals surface area contributed by atoms with Gasteiger partial charge in [-0.05, 0) is 31.2 Å². The van der Waals surface area contributed by atoms with Crippen LogP contribution in [0.5, 0.6) is 0 Å². The first-order valence-corrected chi connectivity index (χ1v) is 10.5. The molecule has 1 aliphatic rings. The van der Waals surface area contributed by atoms with Gasteiger partial charge in [0, 0.05) is 44.0 Å². The minimum atomic E-state index is -0.212. The molecule has 0 atom stereocenters. The van der Waals surface area contributed by atoms with Crippen LogP contribution in [-0.4, -0.2) is 53.6 Å². The molecule has 3 aromatic rings. The van der Waals surface area contributed by atoms with Gasteiger partial charge in [0.2, 0.25) is 0 Å². The zero-order valence-corrected chi connectivity index (χ0v) is 17.6. The van der Waals surface area contributed by atoms with Crippen molar-refractivity contribution >= 4 is 11.6 Å². The molecule has 6 nitrogen and oxygen atoms in total. The number of hydrogen-bond donors (Lipinski definition) is 1. The fourth-order valence-corrected chi connectivity index (χ4v) is 3.84. The Bertz CT molecular complexity index is 974. The van der Waals surface area contributed by atoms with Gasteiger partial charge in [-0.2, -0.15) is 0 Å². The van der Waals surface area contributed by atoms with E-state index in [1.54, 1.807) is 6.92 Å². The summed E-state index contributed by atoms with van der Waals surface area (Å²) in [4.78, 5) is 17.9. The number of piperazine rings is 1. The molecule has 0 radical (unpaired) electrons. The smallest absolute Gasteiger partial charge is 0.261 e. The Morgan fingerprint density at radius 2 is 1.67 bits per heavy atom. The van der Waals surface area contributed by atoms with Gasteiger partial charge in [0.05, 0.1) is 0 Å². The summed E-state index contributed by atoms with van der Waals surface area (Å²) in [5.41, 5.74) is 3.91. The highest BCUT2D eigenvalue weighted by atomic mass is 16.5. The Labute approximate surface area is 177 Å². The largest absolute Gasteiger partial charge is 0.360 e. The van der Waals surface area contributed by atoms with Crippen molar-refractivity contribution in [2.75, 3.05) is 38.0 Å². The number of aryl methyl sites for hydroxylation is 1. The number of carbonyl (C=O) groups excluding carboxylic acids is 1. The van der Waals surface area contributed by atoms with Gasteiger partial charge < -0.3 is 14.7 Å². The van der Waals surface area contributed by atoms with Crippen molar-refractivity contribution in [2.45, 2.75) is 20.4 Å². The Kier molecular flexibility index (Phi) is 6.26. The number of aromatic nitrogens is 1. The maximum Gasteiger partial charge on any atom is 0.261 e. The van der Waals surface area contributed by atoms with Gasteiger partial charge in [0.1, 0.15) is 17.0 Å². The second-order valence-corrected chi connectivity index (χ2v) is 7.69. The quantitative estimate of drug-likeness (QED) is 0.672. The molecule has 0 unspecified atom stereocenters.